The molecule has 2 aliphatic heterocycles. The van der Waals surface area contributed by atoms with Gasteiger partial charge in [-0.05, 0) is 43.4 Å². The Morgan fingerprint density at radius 2 is 2.00 bits per heavy atom. The molecular weight excluding hydrogens is 385 g/mol. The molecular formula is C18H14ClF3N2OS. The summed E-state index contributed by atoms with van der Waals surface area (Å²) < 4.78 is 45.5. The normalized spacial score (nSPS) is 24.6. The van der Waals surface area contributed by atoms with Crippen LogP contribution in [0.5, 0.6) is 5.75 Å². The van der Waals surface area contributed by atoms with Crippen LogP contribution in [0.4, 0.5) is 18.9 Å². The Balaban J connectivity index is 1.80. The summed E-state index contributed by atoms with van der Waals surface area (Å²) in [5.74, 6) is 0.528. The van der Waals surface area contributed by atoms with Gasteiger partial charge in [0.15, 0.2) is 10.8 Å². The Bertz CT molecular complexity index is 904. The third-order valence-corrected chi connectivity index (χ3v) is 5.28. The van der Waals surface area contributed by atoms with Crippen LogP contribution in [0.2, 0.25) is 5.02 Å². The van der Waals surface area contributed by atoms with E-state index in [2.05, 4.69) is 5.32 Å². The number of para-hydroxylation sites is 1. The molecule has 0 radical (unpaired) electrons. The molecule has 0 saturated carbocycles. The number of ether oxygens (including phenoxy) is 1. The SMILES string of the molecule is CC12CC(NC(=S)N1c1cccc(C(F)(F)F)c1)c1cccc(Cl)c1O2. The van der Waals surface area contributed by atoms with E-state index in [1.54, 1.807) is 24.0 Å². The quantitative estimate of drug-likeness (QED) is 0.659. The molecule has 4 rings (SSSR count). The van der Waals surface area contributed by atoms with Crippen molar-refractivity contribution in [3.63, 3.8) is 0 Å². The highest BCUT2D eigenvalue weighted by Crippen LogP contribution is 2.48. The van der Waals surface area contributed by atoms with E-state index in [1.807, 2.05) is 12.1 Å². The second-order valence-corrected chi connectivity index (χ2v) is 7.32. The Morgan fingerprint density at radius 1 is 1.27 bits per heavy atom. The molecule has 0 aliphatic carbocycles. The third-order valence-electron chi connectivity index (χ3n) is 4.68. The molecule has 1 N–H and O–H groups in total. The molecule has 2 bridgehead atoms. The molecule has 3 nitrogen and oxygen atoms in total. The number of rotatable bonds is 1. The smallest absolute Gasteiger partial charge is 0.416 e. The van der Waals surface area contributed by atoms with Gasteiger partial charge in [0, 0.05) is 17.7 Å². The Labute approximate surface area is 158 Å². The van der Waals surface area contributed by atoms with Crippen LogP contribution in [0.3, 0.4) is 0 Å². The fraction of sp³-hybridized carbons (Fsp3) is 0.278. The first-order valence-electron chi connectivity index (χ1n) is 7.94. The second-order valence-electron chi connectivity index (χ2n) is 6.52. The van der Waals surface area contributed by atoms with Gasteiger partial charge in [0.2, 0.25) is 0 Å². The second kappa shape index (κ2) is 5.76. The number of hydrogen-bond donors (Lipinski definition) is 1. The first kappa shape index (κ1) is 17.4. The highest BCUT2D eigenvalue weighted by atomic mass is 35.5. The zero-order chi connectivity index (χ0) is 18.7. The average molecular weight is 399 g/mol. The summed E-state index contributed by atoms with van der Waals surface area (Å²) in [5, 5.41) is 3.97. The van der Waals surface area contributed by atoms with Crippen LogP contribution in [0, 0.1) is 0 Å². The van der Waals surface area contributed by atoms with Crippen LogP contribution in [-0.4, -0.2) is 10.8 Å². The lowest BCUT2D eigenvalue weighted by Crippen LogP contribution is -2.65. The number of alkyl halides is 3. The summed E-state index contributed by atoms with van der Waals surface area (Å²) in [6.07, 6.45) is -3.93. The van der Waals surface area contributed by atoms with Gasteiger partial charge in [0.1, 0.15) is 5.75 Å². The number of hydrogen-bond acceptors (Lipinski definition) is 2. The molecule has 1 fully saturated rings. The summed E-state index contributed by atoms with van der Waals surface area (Å²) in [6.45, 7) is 1.81. The van der Waals surface area contributed by atoms with Crippen molar-refractivity contribution in [1.29, 1.82) is 0 Å². The number of anilines is 1. The monoisotopic (exact) mass is 398 g/mol. The maximum atomic E-state index is 13.1. The topological polar surface area (TPSA) is 24.5 Å². The molecule has 2 aromatic carbocycles. The molecule has 0 amide bonds. The third kappa shape index (κ3) is 2.70. The minimum Gasteiger partial charge on any atom is -0.466 e. The van der Waals surface area contributed by atoms with Crippen LogP contribution in [0.25, 0.3) is 0 Å². The molecule has 2 heterocycles. The first-order chi connectivity index (χ1) is 12.2. The van der Waals surface area contributed by atoms with Gasteiger partial charge in [-0.2, -0.15) is 13.2 Å². The molecule has 26 heavy (non-hydrogen) atoms. The van der Waals surface area contributed by atoms with Gasteiger partial charge in [-0.3, -0.25) is 4.90 Å². The minimum atomic E-state index is -4.44. The highest BCUT2D eigenvalue weighted by molar-refractivity contribution is 7.80. The number of thiocarbonyl (C=S) groups is 1. The van der Waals surface area contributed by atoms with Crippen molar-refractivity contribution in [3.05, 3.63) is 58.6 Å². The molecule has 2 aliphatic rings. The maximum Gasteiger partial charge on any atom is 0.416 e. The molecule has 8 heteroatoms. The van der Waals surface area contributed by atoms with E-state index in [1.165, 1.54) is 6.07 Å². The van der Waals surface area contributed by atoms with Gasteiger partial charge >= 0.3 is 6.18 Å². The van der Waals surface area contributed by atoms with Gasteiger partial charge in [-0.25, -0.2) is 0 Å². The Kier molecular flexibility index (Phi) is 3.86. The van der Waals surface area contributed by atoms with Crippen molar-refractivity contribution in [2.24, 2.45) is 0 Å². The molecule has 0 aromatic heterocycles. The molecule has 0 spiro atoms. The number of benzene rings is 2. The summed E-state index contributed by atoms with van der Waals surface area (Å²) in [6, 6.07) is 10.4. The standard InChI is InChI=1S/C18H14ClF3N2OS/c1-17-9-14(12-6-3-7-13(19)15(12)25-17)23-16(26)24(17)11-5-2-4-10(8-11)18(20,21)22/h2-8,14H,9H2,1H3,(H,23,26). The fourth-order valence-corrected chi connectivity index (χ4v) is 4.22. The fourth-order valence-electron chi connectivity index (χ4n) is 3.56. The summed E-state index contributed by atoms with van der Waals surface area (Å²) in [4.78, 5) is 1.58. The lowest BCUT2D eigenvalue weighted by molar-refractivity contribution is -0.137. The van der Waals surface area contributed by atoms with E-state index in [-0.39, 0.29) is 6.04 Å². The number of fused-ring (bicyclic) bond motifs is 4. The minimum absolute atomic E-state index is 0.114. The summed E-state index contributed by atoms with van der Waals surface area (Å²) in [7, 11) is 0. The van der Waals surface area contributed by atoms with Crippen LogP contribution in [0.1, 0.15) is 30.5 Å². The van der Waals surface area contributed by atoms with Crippen LogP contribution >= 0.6 is 23.8 Å². The van der Waals surface area contributed by atoms with Gasteiger partial charge in [-0.15, -0.1) is 0 Å². The van der Waals surface area contributed by atoms with E-state index >= 15 is 0 Å². The van der Waals surface area contributed by atoms with Crippen molar-refractivity contribution in [1.82, 2.24) is 5.32 Å². The summed E-state index contributed by atoms with van der Waals surface area (Å²) in [5.41, 5.74) is -0.484. The van der Waals surface area contributed by atoms with Crippen LogP contribution in [0.15, 0.2) is 42.5 Å². The Morgan fingerprint density at radius 3 is 2.73 bits per heavy atom. The lowest BCUT2D eigenvalue weighted by Gasteiger charge is -2.52. The van der Waals surface area contributed by atoms with Crippen molar-refractivity contribution < 1.29 is 17.9 Å². The molecule has 1 saturated heterocycles. The van der Waals surface area contributed by atoms with Crippen LogP contribution in [-0.2, 0) is 6.18 Å². The highest BCUT2D eigenvalue weighted by Gasteiger charge is 2.49. The number of nitrogens with zero attached hydrogens (tertiary/aromatic N) is 1. The summed E-state index contributed by atoms with van der Waals surface area (Å²) >= 11 is 11.7. The number of halogens is 4. The largest absolute Gasteiger partial charge is 0.466 e. The predicted molar refractivity (Wildman–Crippen MR) is 97.5 cm³/mol. The van der Waals surface area contributed by atoms with E-state index in [0.29, 0.717) is 28.0 Å². The first-order valence-corrected chi connectivity index (χ1v) is 8.73. The molecule has 2 atom stereocenters. The number of nitrogens with one attached hydrogen (secondary N) is 1. The maximum absolute atomic E-state index is 13.1. The molecule has 2 unspecified atom stereocenters. The molecule has 136 valence electrons. The van der Waals surface area contributed by atoms with E-state index in [4.69, 9.17) is 28.6 Å². The zero-order valence-electron chi connectivity index (χ0n) is 13.6. The molecule has 2 aromatic rings. The Hall–Kier alpha value is -1.99. The van der Waals surface area contributed by atoms with Gasteiger partial charge in [0.25, 0.3) is 0 Å². The van der Waals surface area contributed by atoms with Crippen molar-refractivity contribution in [2.45, 2.75) is 31.3 Å². The van der Waals surface area contributed by atoms with Crippen molar-refractivity contribution in [3.8, 4) is 5.75 Å². The van der Waals surface area contributed by atoms with Gasteiger partial charge < -0.3 is 10.1 Å². The van der Waals surface area contributed by atoms with E-state index < -0.39 is 17.5 Å². The van der Waals surface area contributed by atoms with E-state index in [0.717, 1.165) is 17.7 Å². The average Bonchev–Trinajstić information content (AvgIpc) is 2.55. The zero-order valence-corrected chi connectivity index (χ0v) is 15.2. The van der Waals surface area contributed by atoms with E-state index in [9.17, 15) is 13.2 Å². The van der Waals surface area contributed by atoms with Crippen molar-refractivity contribution >= 4 is 34.6 Å². The lowest BCUT2D eigenvalue weighted by atomic mass is 9.90. The van der Waals surface area contributed by atoms with Gasteiger partial charge in [-0.1, -0.05) is 29.8 Å². The van der Waals surface area contributed by atoms with Crippen molar-refractivity contribution in [2.75, 3.05) is 4.90 Å². The predicted octanol–water partition coefficient (Wildman–Crippen LogP) is 5.29. The van der Waals surface area contributed by atoms with Crippen LogP contribution < -0.4 is 15.0 Å². The van der Waals surface area contributed by atoms with Gasteiger partial charge in [0.05, 0.1) is 16.6 Å².